The lowest BCUT2D eigenvalue weighted by Crippen LogP contribution is -2.38. The summed E-state index contributed by atoms with van der Waals surface area (Å²) in [4.78, 5) is 37.7. The highest BCUT2D eigenvalue weighted by Gasteiger charge is 2.27. The summed E-state index contributed by atoms with van der Waals surface area (Å²) >= 11 is 4.82. The van der Waals surface area contributed by atoms with Crippen molar-refractivity contribution >= 4 is 54.3 Å². The number of H-pyrrole nitrogens is 1. The molecule has 2 aromatic heterocycles. The molecule has 0 aliphatic carbocycles. The predicted octanol–water partition coefficient (Wildman–Crippen LogP) is 3.31. The van der Waals surface area contributed by atoms with E-state index in [2.05, 4.69) is 41.1 Å². The third-order valence-corrected chi connectivity index (χ3v) is 6.74. The van der Waals surface area contributed by atoms with Crippen LogP contribution in [0.25, 0.3) is 10.3 Å². The Labute approximate surface area is 168 Å². The Kier molecular flexibility index (Phi) is 4.96. The van der Waals surface area contributed by atoms with Crippen molar-refractivity contribution in [2.75, 3.05) is 23.3 Å². The fourth-order valence-electron chi connectivity index (χ4n) is 3.19. The number of aryl methyl sites for hydroxylation is 1. The van der Waals surface area contributed by atoms with Gasteiger partial charge in [0.05, 0.1) is 6.33 Å². The van der Waals surface area contributed by atoms with Crippen molar-refractivity contribution in [3.05, 3.63) is 44.9 Å². The van der Waals surface area contributed by atoms with Crippen LogP contribution in [0.2, 0.25) is 0 Å². The molecule has 1 fully saturated rings. The van der Waals surface area contributed by atoms with Crippen molar-refractivity contribution in [2.45, 2.75) is 19.8 Å². The van der Waals surface area contributed by atoms with Gasteiger partial charge in [-0.3, -0.25) is 9.59 Å². The van der Waals surface area contributed by atoms with Gasteiger partial charge in [-0.1, -0.05) is 27.3 Å². The van der Waals surface area contributed by atoms with Gasteiger partial charge < -0.3 is 15.2 Å². The number of rotatable bonds is 3. The molecule has 140 valence electrons. The van der Waals surface area contributed by atoms with Gasteiger partial charge >= 0.3 is 0 Å². The van der Waals surface area contributed by atoms with Gasteiger partial charge in [0.1, 0.15) is 4.70 Å². The number of nitrogens with one attached hydrogen (secondary N) is 2. The molecule has 27 heavy (non-hydrogen) atoms. The van der Waals surface area contributed by atoms with Crippen LogP contribution in [0.4, 0.5) is 10.8 Å². The minimum atomic E-state index is -0.164. The summed E-state index contributed by atoms with van der Waals surface area (Å²) < 4.78 is 1.57. The van der Waals surface area contributed by atoms with Gasteiger partial charge in [0.25, 0.3) is 5.56 Å². The standard InChI is InChI=1S/C18H18BrN5O2S/c1-10-8-12(2-3-13(10)19)22-16(25)11-4-6-24(7-5-11)18-23-15-14(27-18)17(26)21-9-20-15/h2-3,8-9,11H,4-7H2,1H3,(H,22,25)(H,20,21,26). The Balaban J connectivity index is 1.40. The number of hydrogen-bond acceptors (Lipinski definition) is 6. The van der Waals surface area contributed by atoms with E-state index >= 15 is 0 Å². The summed E-state index contributed by atoms with van der Waals surface area (Å²) in [6, 6.07) is 5.80. The summed E-state index contributed by atoms with van der Waals surface area (Å²) in [6.07, 6.45) is 2.87. The molecule has 1 aromatic carbocycles. The largest absolute Gasteiger partial charge is 0.348 e. The number of piperidine rings is 1. The number of carbonyl (C=O) groups is 1. The van der Waals surface area contributed by atoms with Gasteiger partial charge in [-0.05, 0) is 43.5 Å². The Morgan fingerprint density at radius 3 is 2.85 bits per heavy atom. The van der Waals surface area contributed by atoms with Crippen LogP contribution < -0.4 is 15.8 Å². The van der Waals surface area contributed by atoms with Crippen LogP contribution in [-0.4, -0.2) is 33.9 Å². The topological polar surface area (TPSA) is 91.0 Å². The normalized spacial score (nSPS) is 15.3. The molecule has 7 nitrogen and oxygen atoms in total. The number of thiazole rings is 1. The highest BCUT2D eigenvalue weighted by molar-refractivity contribution is 9.10. The Morgan fingerprint density at radius 2 is 2.15 bits per heavy atom. The third-order valence-electron chi connectivity index (χ3n) is 4.75. The smallest absolute Gasteiger partial charge is 0.270 e. The van der Waals surface area contributed by atoms with Gasteiger partial charge in [-0.2, -0.15) is 4.98 Å². The van der Waals surface area contributed by atoms with Crippen molar-refractivity contribution in [2.24, 2.45) is 5.92 Å². The minimum Gasteiger partial charge on any atom is -0.348 e. The molecule has 1 saturated heterocycles. The average Bonchev–Trinajstić information content (AvgIpc) is 3.11. The number of aromatic nitrogens is 3. The lowest BCUT2D eigenvalue weighted by atomic mass is 9.96. The molecule has 0 unspecified atom stereocenters. The highest BCUT2D eigenvalue weighted by atomic mass is 79.9. The van der Waals surface area contributed by atoms with E-state index in [9.17, 15) is 9.59 Å². The number of hydrogen-bond donors (Lipinski definition) is 2. The molecule has 0 atom stereocenters. The number of aromatic amines is 1. The van der Waals surface area contributed by atoms with E-state index in [0.717, 1.165) is 46.8 Å². The van der Waals surface area contributed by atoms with Crippen molar-refractivity contribution < 1.29 is 4.79 Å². The molecule has 4 rings (SSSR count). The van der Waals surface area contributed by atoms with E-state index < -0.39 is 0 Å². The molecule has 0 spiro atoms. The van der Waals surface area contributed by atoms with Crippen LogP contribution in [0.5, 0.6) is 0 Å². The first kappa shape index (κ1) is 18.1. The number of amides is 1. The number of halogens is 1. The lowest BCUT2D eigenvalue weighted by Gasteiger charge is -2.31. The maximum atomic E-state index is 12.6. The average molecular weight is 448 g/mol. The zero-order valence-electron chi connectivity index (χ0n) is 14.7. The minimum absolute atomic E-state index is 0.0268. The number of anilines is 2. The van der Waals surface area contributed by atoms with E-state index in [1.807, 2.05) is 25.1 Å². The molecule has 1 aliphatic heterocycles. The summed E-state index contributed by atoms with van der Waals surface area (Å²) in [5, 5.41) is 3.80. The van der Waals surface area contributed by atoms with Crippen molar-refractivity contribution in [3.8, 4) is 0 Å². The summed E-state index contributed by atoms with van der Waals surface area (Å²) in [7, 11) is 0. The van der Waals surface area contributed by atoms with Gasteiger partial charge in [-0.25, -0.2) is 4.98 Å². The third kappa shape index (κ3) is 3.74. The van der Waals surface area contributed by atoms with Gasteiger partial charge in [0.15, 0.2) is 10.8 Å². The summed E-state index contributed by atoms with van der Waals surface area (Å²) in [6.45, 7) is 3.46. The van der Waals surface area contributed by atoms with Gasteiger partial charge in [0, 0.05) is 29.2 Å². The lowest BCUT2D eigenvalue weighted by molar-refractivity contribution is -0.120. The molecule has 1 aliphatic rings. The molecule has 0 radical (unpaired) electrons. The zero-order valence-corrected chi connectivity index (χ0v) is 17.1. The van der Waals surface area contributed by atoms with Gasteiger partial charge in [0.2, 0.25) is 5.91 Å². The monoisotopic (exact) mass is 447 g/mol. The van der Waals surface area contributed by atoms with E-state index in [1.54, 1.807) is 0 Å². The second-order valence-electron chi connectivity index (χ2n) is 6.60. The maximum absolute atomic E-state index is 12.6. The fraction of sp³-hybridized carbons (Fsp3) is 0.333. The molecular weight excluding hydrogens is 430 g/mol. The van der Waals surface area contributed by atoms with Crippen LogP contribution in [0.3, 0.4) is 0 Å². The SMILES string of the molecule is Cc1cc(NC(=O)C2CCN(c3nc4nc[nH]c(=O)c4s3)CC2)ccc1Br. The van der Waals surface area contributed by atoms with Crippen molar-refractivity contribution in [3.63, 3.8) is 0 Å². The van der Waals surface area contributed by atoms with Gasteiger partial charge in [-0.15, -0.1) is 0 Å². The van der Waals surface area contributed by atoms with Crippen LogP contribution in [0.15, 0.2) is 33.8 Å². The molecule has 2 N–H and O–H groups in total. The first-order valence-electron chi connectivity index (χ1n) is 8.67. The molecule has 0 saturated carbocycles. The highest BCUT2D eigenvalue weighted by Crippen LogP contribution is 2.29. The van der Waals surface area contributed by atoms with E-state index in [0.29, 0.717) is 10.3 Å². The number of benzene rings is 1. The van der Waals surface area contributed by atoms with Crippen molar-refractivity contribution in [1.29, 1.82) is 0 Å². The number of nitrogens with zero attached hydrogens (tertiary/aromatic N) is 3. The van der Waals surface area contributed by atoms with E-state index in [1.165, 1.54) is 17.7 Å². The second-order valence-corrected chi connectivity index (χ2v) is 8.43. The molecule has 0 bridgehead atoms. The quantitative estimate of drug-likeness (QED) is 0.642. The second kappa shape index (κ2) is 7.40. The molecular formula is C18H18BrN5O2S. The summed E-state index contributed by atoms with van der Waals surface area (Å²) in [5.74, 6) is 0.0277. The Hall–Kier alpha value is -2.26. The molecule has 1 amide bonds. The van der Waals surface area contributed by atoms with Crippen molar-refractivity contribution in [1.82, 2.24) is 15.0 Å². The summed E-state index contributed by atoms with van der Waals surface area (Å²) in [5.41, 5.74) is 2.22. The number of fused-ring (bicyclic) bond motifs is 1. The Bertz CT molecular complexity index is 1060. The first-order valence-corrected chi connectivity index (χ1v) is 10.3. The fourth-order valence-corrected chi connectivity index (χ4v) is 4.40. The zero-order chi connectivity index (χ0) is 19.0. The van der Waals surface area contributed by atoms with Crippen LogP contribution >= 0.6 is 27.3 Å². The predicted molar refractivity (Wildman–Crippen MR) is 110 cm³/mol. The number of carbonyl (C=O) groups excluding carboxylic acids is 1. The van der Waals surface area contributed by atoms with Crippen LogP contribution in [-0.2, 0) is 4.79 Å². The molecule has 3 aromatic rings. The van der Waals surface area contributed by atoms with E-state index in [4.69, 9.17) is 0 Å². The maximum Gasteiger partial charge on any atom is 0.270 e. The van der Waals surface area contributed by atoms with E-state index in [-0.39, 0.29) is 17.4 Å². The Morgan fingerprint density at radius 1 is 1.37 bits per heavy atom. The van der Waals surface area contributed by atoms with Crippen LogP contribution in [0.1, 0.15) is 18.4 Å². The molecule has 3 heterocycles. The van der Waals surface area contributed by atoms with Crippen LogP contribution in [0, 0.1) is 12.8 Å². The first-order chi connectivity index (χ1) is 13.0. The molecule has 9 heteroatoms.